The van der Waals surface area contributed by atoms with Gasteiger partial charge in [0.2, 0.25) is 0 Å². The second kappa shape index (κ2) is 7.14. The standard InChI is InChI=1S/C18H23N3/c1-13(2)14-4-3-5-17(8-6-14)21-18-9-7-15(11-19)16(10-18)12-20/h7,9-10,13-14,17,21H,3-6,8H2,1-2H3. The van der Waals surface area contributed by atoms with E-state index in [2.05, 4.69) is 31.3 Å². The monoisotopic (exact) mass is 281 g/mol. The number of nitriles is 2. The van der Waals surface area contributed by atoms with Crippen molar-refractivity contribution in [2.75, 3.05) is 5.32 Å². The van der Waals surface area contributed by atoms with Crippen molar-refractivity contribution < 1.29 is 0 Å². The number of hydrogen-bond donors (Lipinski definition) is 1. The van der Waals surface area contributed by atoms with Gasteiger partial charge in [0.25, 0.3) is 0 Å². The predicted octanol–water partition coefficient (Wildman–Crippen LogP) is 4.45. The van der Waals surface area contributed by atoms with Gasteiger partial charge >= 0.3 is 0 Å². The van der Waals surface area contributed by atoms with Crippen LogP contribution >= 0.6 is 0 Å². The third kappa shape index (κ3) is 3.99. The Labute approximate surface area is 127 Å². The SMILES string of the molecule is CC(C)C1CCCC(Nc2ccc(C#N)c(C#N)c2)CC1. The van der Waals surface area contributed by atoms with Crippen LogP contribution < -0.4 is 5.32 Å². The fraction of sp³-hybridized carbons (Fsp3) is 0.556. The van der Waals surface area contributed by atoms with E-state index < -0.39 is 0 Å². The van der Waals surface area contributed by atoms with Crippen molar-refractivity contribution in [2.24, 2.45) is 11.8 Å². The van der Waals surface area contributed by atoms with Crippen molar-refractivity contribution in [1.82, 2.24) is 0 Å². The van der Waals surface area contributed by atoms with Crippen LogP contribution in [-0.4, -0.2) is 6.04 Å². The van der Waals surface area contributed by atoms with Gasteiger partial charge in [0, 0.05) is 11.7 Å². The number of rotatable bonds is 3. The van der Waals surface area contributed by atoms with Gasteiger partial charge in [-0.2, -0.15) is 10.5 Å². The lowest BCUT2D eigenvalue weighted by Gasteiger charge is -2.20. The second-order valence-corrected chi connectivity index (χ2v) is 6.34. The Morgan fingerprint density at radius 2 is 1.81 bits per heavy atom. The van der Waals surface area contributed by atoms with Crippen molar-refractivity contribution in [1.29, 1.82) is 10.5 Å². The van der Waals surface area contributed by atoms with Crippen LogP contribution in [0, 0.1) is 34.5 Å². The highest BCUT2D eigenvalue weighted by Gasteiger charge is 2.21. The molecule has 1 aliphatic carbocycles. The molecule has 110 valence electrons. The molecule has 1 fully saturated rings. The summed E-state index contributed by atoms with van der Waals surface area (Å²) in [6, 6.07) is 10.1. The van der Waals surface area contributed by atoms with Crippen LogP contribution in [0.25, 0.3) is 0 Å². The highest BCUT2D eigenvalue weighted by atomic mass is 14.9. The lowest BCUT2D eigenvalue weighted by molar-refractivity contribution is 0.341. The van der Waals surface area contributed by atoms with Crippen molar-refractivity contribution in [2.45, 2.75) is 52.0 Å². The summed E-state index contributed by atoms with van der Waals surface area (Å²) in [6.45, 7) is 4.64. The van der Waals surface area contributed by atoms with Crippen LogP contribution in [-0.2, 0) is 0 Å². The maximum Gasteiger partial charge on any atom is 0.101 e. The summed E-state index contributed by atoms with van der Waals surface area (Å²) >= 11 is 0. The molecule has 21 heavy (non-hydrogen) atoms. The Hall–Kier alpha value is -2.00. The fourth-order valence-electron chi connectivity index (χ4n) is 3.20. The van der Waals surface area contributed by atoms with Crippen LogP contribution in [0.15, 0.2) is 18.2 Å². The molecule has 0 bridgehead atoms. The van der Waals surface area contributed by atoms with Gasteiger partial charge in [-0.05, 0) is 49.3 Å². The number of nitrogens with zero attached hydrogens (tertiary/aromatic N) is 2. The van der Waals surface area contributed by atoms with Gasteiger partial charge in [-0.1, -0.05) is 26.7 Å². The Kier molecular flexibility index (Phi) is 5.23. The van der Waals surface area contributed by atoms with Gasteiger partial charge in [-0.15, -0.1) is 0 Å². The average molecular weight is 281 g/mol. The maximum atomic E-state index is 9.09. The van der Waals surface area contributed by atoms with Crippen LogP contribution in [0.1, 0.15) is 57.1 Å². The molecule has 0 amide bonds. The van der Waals surface area contributed by atoms with E-state index in [1.54, 1.807) is 12.1 Å². The van der Waals surface area contributed by atoms with E-state index in [-0.39, 0.29) is 0 Å². The molecule has 1 aliphatic rings. The Balaban J connectivity index is 2.02. The Bertz CT molecular complexity index is 563. The molecule has 2 unspecified atom stereocenters. The van der Waals surface area contributed by atoms with E-state index in [0.29, 0.717) is 17.2 Å². The first-order chi connectivity index (χ1) is 10.1. The largest absolute Gasteiger partial charge is 0.382 e. The molecule has 0 radical (unpaired) electrons. The van der Waals surface area contributed by atoms with E-state index in [0.717, 1.165) is 17.5 Å². The van der Waals surface area contributed by atoms with Crippen molar-refractivity contribution in [3.8, 4) is 12.1 Å². The molecule has 1 N–H and O–H groups in total. The topological polar surface area (TPSA) is 59.6 Å². The highest BCUT2D eigenvalue weighted by molar-refractivity contribution is 5.56. The summed E-state index contributed by atoms with van der Waals surface area (Å²) in [5.74, 6) is 1.61. The Morgan fingerprint density at radius 3 is 2.48 bits per heavy atom. The summed E-state index contributed by atoms with van der Waals surface area (Å²) < 4.78 is 0. The van der Waals surface area contributed by atoms with E-state index in [1.807, 2.05) is 6.07 Å². The zero-order chi connectivity index (χ0) is 15.2. The van der Waals surface area contributed by atoms with Crippen molar-refractivity contribution in [3.63, 3.8) is 0 Å². The molecule has 2 rings (SSSR count). The number of hydrogen-bond acceptors (Lipinski definition) is 3. The van der Waals surface area contributed by atoms with E-state index >= 15 is 0 Å². The minimum absolute atomic E-state index is 0.448. The maximum absolute atomic E-state index is 9.09. The molecule has 1 saturated carbocycles. The third-order valence-corrected chi connectivity index (χ3v) is 4.59. The lowest BCUT2D eigenvalue weighted by Crippen LogP contribution is -2.18. The molecule has 1 aromatic rings. The molecule has 0 saturated heterocycles. The molecule has 3 nitrogen and oxygen atoms in total. The second-order valence-electron chi connectivity index (χ2n) is 6.34. The van der Waals surface area contributed by atoms with Gasteiger partial charge in [0.05, 0.1) is 11.1 Å². The molecule has 2 atom stereocenters. The zero-order valence-electron chi connectivity index (χ0n) is 12.9. The number of benzene rings is 1. The molecule has 0 aromatic heterocycles. The molecule has 0 aliphatic heterocycles. The number of nitrogens with one attached hydrogen (secondary N) is 1. The van der Waals surface area contributed by atoms with Gasteiger partial charge in [-0.3, -0.25) is 0 Å². The summed E-state index contributed by atoms with van der Waals surface area (Å²) in [5.41, 5.74) is 1.86. The Morgan fingerprint density at radius 1 is 1.05 bits per heavy atom. The van der Waals surface area contributed by atoms with Gasteiger partial charge < -0.3 is 5.32 Å². The molecule has 1 aromatic carbocycles. The molecular formula is C18H23N3. The molecular weight excluding hydrogens is 258 g/mol. The van der Waals surface area contributed by atoms with Crippen LogP contribution in [0.5, 0.6) is 0 Å². The first-order valence-corrected chi connectivity index (χ1v) is 7.84. The minimum atomic E-state index is 0.448. The first kappa shape index (κ1) is 15.4. The van der Waals surface area contributed by atoms with Gasteiger partial charge in [0.1, 0.15) is 12.1 Å². The normalized spacial score (nSPS) is 22.1. The molecule has 0 spiro atoms. The fourth-order valence-corrected chi connectivity index (χ4v) is 3.20. The minimum Gasteiger partial charge on any atom is -0.382 e. The zero-order valence-corrected chi connectivity index (χ0v) is 12.9. The van der Waals surface area contributed by atoms with Crippen molar-refractivity contribution in [3.05, 3.63) is 29.3 Å². The van der Waals surface area contributed by atoms with E-state index in [9.17, 15) is 0 Å². The highest BCUT2D eigenvalue weighted by Crippen LogP contribution is 2.30. The predicted molar refractivity (Wildman–Crippen MR) is 84.7 cm³/mol. The summed E-state index contributed by atoms with van der Waals surface area (Å²) in [4.78, 5) is 0. The summed E-state index contributed by atoms with van der Waals surface area (Å²) in [5, 5.41) is 21.6. The van der Waals surface area contributed by atoms with Gasteiger partial charge in [-0.25, -0.2) is 0 Å². The van der Waals surface area contributed by atoms with Crippen LogP contribution in [0.2, 0.25) is 0 Å². The van der Waals surface area contributed by atoms with E-state index in [4.69, 9.17) is 10.5 Å². The quantitative estimate of drug-likeness (QED) is 0.833. The van der Waals surface area contributed by atoms with Crippen LogP contribution in [0.4, 0.5) is 5.69 Å². The van der Waals surface area contributed by atoms with Gasteiger partial charge in [0.15, 0.2) is 0 Å². The third-order valence-electron chi connectivity index (χ3n) is 4.59. The summed E-state index contributed by atoms with van der Waals surface area (Å²) in [6.07, 6.45) is 6.24. The summed E-state index contributed by atoms with van der Waals surface area (Å²) in [7, 11) is 0. The average Bonchev–Trinajstić information content (AvgIpc) is 2.72. The van der Waals surface area contributed by atoms with Crippen molar-refractivity contribution >= 4 is 5.69 Å². The van der Waals surface area contributed by atoms with Crippen LogP contribution in [0.3, 0.4) is 0 Å². The molecule has 3 heteroatoms. The van der Waals surface area contributed by atoms with E-state index in [1.165, 1.54) is 32.1 Å². The first-order valence-electron chi connectivity index (χ1n) is 7.84. The lowest BCUT2D eigenvalue weighted by atomic mass is 9.89. The molecule has 0 heterocycles. The number of anilines is 1. The smallest absolute Gasteiger partial charge is 0.101 e.